The molecular formula is C30H42FN5O3. The highest BCUT2D eigenvalue weighted by molar-refractivity contribution is 5.97. The Kier molecular flexibility index (Phi) is 8.81. The number of carbonyl (C=O) groups is 1. The molecule has 2 aromatic rings. The van der Waals surface area contributed by atoms with Crippen LogP contribution in [-0.2, 0) is 16.0 Å². The van der Waals surface area contributed by atoms with Gasteiger partial charge in [0.15, 0.2) is 0 Å². The van der Waals surface area contributed by atoms with E-state index >= 15 is 0 Å². The number of nitrogens with zero attached hydrogens (tertiary/aromatic N) is 4. The first kappa shape index (κ1) is 28.0. The summed E-state index contributed by atoms with van der Waals surface area (Å²) in [4.78, 5) is 25.5. The number of morpholine rings is 1. The van der Waals surface area contributed by atoms with Crippen LogP contribution in [0.5, 0.6) is 5.88 Å². The molecule has 1 N–H and O–H groups in total. The number of ether oxygens (including phenoxy) is 2. The second kappa shape index (κ2) is 12.3. The van der Waals surface area contributed by atoms with Crippen LogP contribution in [0, 0.1) is 5.82 Å². The van der Waals surface area contributed by atoms with Crippen molar-refractivity contribution in [1.82, 2.24) is 20.1 Å². The Labute approximate surface area is 231 Å². The lowest BCUT2D eigenvalue weighted by Gasteiger charge is -2.46. The van der Waals surface area contributed by atoms with Gasteiger partial charge in [0, 0.05) is 50.0 Å². The van der Waals surface area contributed by atoms with E-state index in [1.165, 1.54) is 12.1 Å². The number of piperazine rings is 1. The van der Waals surface area contributed by atoms with E-state index in [1.54, 1.807) is 18.3 Å². The molecule has 0 aliphatic carbocycles. The Hall–Kier alpha value is -2.59. The molecule has 4 heterocycles. The number of benzene rings is 1. The number of hydrogen-bond acceptors (Lipinski definition) is 7. The lowest BCUT2D eigenvalue weighted by atomic mass is 10.0. The Morgan fingerprint density at radius 2 is 1.82 bits per heavy atom. The number of amides is 1. The molecular weight excluding hydrogens is 497 g/mol. The summed E-state index contributed by atoms with van der Waals surface area (Å²) in [5.41, 5.74) is 2.68. The van der Waals surface area contributed by atoms with Gasteiger partial charge >= 0.3 is 0 Å². The van der Waals surface area contributed by atoms with Gasteiger partial charge in [-0.3, -0.25) is 19.5 Å². The van der Waals surface area contributed by atoms with Gasteiger partial charge in [0.1, 0.15) is 18.1 Å². The summed E-state index contributed by atoms with van der Waals surface area (Å²) < 4.78 is 25.1. The minimum Gasteiger partial charge on any atom is -0.474 e. The fraction of sp³-hybridized carbons (Fsp3) is 0.600. The van der Waals surface area contributed by atoms with E-state index < -0.39 is 0 Å². The lowest BCUT2D eigenvalue weighted by molar-refractivity contribution is -0.122. The first-order valence-electron chi connectivity index (χ1n) is 14.3. The van der Waals surface area contributed by atoms with Crippen LogP contribution < -0.4 is 15.0 Å². The van der Waals surface area contributed by atoms with E-state index in [2.05, 4.69) is 47.8 Å². The first-order chi connectivity index (χ1) is 18.8. The van der Waals surface area contributed by atoms with Crippen LogP contribution in [-0.4, -0.2) is 96.9 Å². The number of nitrogens with one attached hydrogen (secondary N) is 1. The summed E-state index contributed by atoms with van der Waals surface area (Å²) in [6, 6.07) is 9.72. The predicted octanol–water partition coefficient (Wildman–Crippen LogP) is 3.09. The van der Waals surface area contributed by atoms with Crippen LogP contribution in [0.2, 0.25) is 0 Å². The third-order valence-electron chi connectivity index (χ3n) is 8.32. The van der Waals surface area contributed by atoms with Gasteiger partial charge in [-0.05, 0) is 62.9 Å². The van der Waals surface area contributed by atoms with Gasteiger partial charge in [0.2, 0.25) is 11.8 Å². The molecule has 1 aromatic carbocycles. The van der Waals surface area contributed by atoms with Crippen molar-refractivity contribution in [1.29, 1.82) is 0 Å². The highest BCUT2D eigenvalue weighted by Gasteiger charge is 2.37. The largest absolute Gasteiger partial charge is 0.474 e. The maximum atomic E-state index is 14.1. The van der Waals surface area contributed by atoms with Gasteiger partial charge < -0.3 is 14.8 Å². The van der Waals surface area contributed by atoms with Crippen LogP contribution in [0.3, 0.4) is 0 Å². The number of aromatic nitrogens is 1. The van der Waals surface area contributed by atoms with Crippen molar-refractivity contribution in [2.24, 2.45) is 0 Å². The molecule has 5 atom stereocenters. The summed E-state index contributed by atoms with van der Waals surface area (Å²) in [5, 5.41) is 3.63. The van der Waals surface area contributed by atoms with Crippen LogP contribution in [0.1, 0.15) is 45.2 Å². The smallest absolute Gasteiger partial charge is 0.241 e. The Bertz CT molecular complexity index is 1120. The number of carbonyl (C=O) groups excluding carboxylic acids is 1. The summed E-state index contributed by atoms with van der Waals surface area (Å²) in [6.07, 6.45) is 3.18. The van der Waals surface area contributed by atoms with E-state index in [0.717, 1.165) is 56.1 Å². The van der Waals surface area contributed by atoms with Gasteiger partial charge in [0.05, 0.1) is 25.8 Å². The summed E-state index contributed by atoms with van der Waals surface area (Å²) in [6.45, 7) is 13.6. The van der Waals surface area contributed by atoms with Crippen LogP contribution in [0.15, 0.2) is 36.5 Å². The molecule has 212 valence electrons. The van der Waals surface area contributed by atoms with E-state index in [0.29, 0.717) is 43.6 Å². The second-order valence-electron chi connectivity index (χ2n) is 11.4. The number of rotatable bonds is 7. The summed E-state index contributed by atoms with van der Waals surface area (Å²) in [7, 11) is 0. The van der Waals surface area contributed by atoms with Gasteiger partial charge in [-0.15, -0.1) is 0 Å². The van der Waals surface area contributed by atoms with E-state index in [9.17, 15) is 9.18 Å². The zero-order valence-electron chi connectivity index (χ0n) is 23.6. The molecule has 9 heteroatoms. The minimum atomic E-state index is -0.253. The third-order valence-corrected chi connectivity index (χ3v) is 8.32. The standard InChI is InChI=1S/C30H42FN5O3/c1-5-26-19-39-30-28(11-24(12-33-30)10-23-6-8-25(31)9-7-23)36(26)29(37)16-34-14-20(2)32-13-27(34)15-35-21(3)17-38-18-22(35)4/h6-9,11-12,20-22,26-27,32H,5,10,13-19H2,1-4H3/t20-,21-,22-,26+,27-/m1/s1. The number of hydrogen-bond donors (Lipinski definition) is 1. The number of fused-ring (bicyclic) bond motifs is 1. The zero-order valence-corrected chi connectivity index (χ0v) is 23.6. The fourth-order valence-corrected chi connectivity index (χ4v) is 6.08. The number of pyridine rings is 1. The lowest BCUT2D eigenvalue weighted by Crippen LogP contribution is -2.63. The summed E-state index contributed by atoms with van der Waals surface area (Å²) >= 11 is 0. The third kappa shape index (κ3) is 6.43. The molecule has 5 rings (SSSR count). The van der Waals surface area contributed by atoms with Crippen LogP contribution in [0.4, 0.5) is 10.1 Å². The van der Waals surface area contributed by atoms with E-state index in [1.807, 2.05) is 11.0 Å². The predicted molar refractivity (Wildman–Crippen MR) is 150 cm³/mol. The minimum absolute atomic E-state index is 0.0500. The van der Waals surface area contributed by atoms with Crippen molar-refractivity contribution in [2.75, 3.05) is 50.9 Å². The molecule has 0 bridgehead atoms. The quantitative estimate of drug-likeness (QED) is 0.580. The van der Waals surface area contributed by atoms with Crippen molar-refractivity contribution in [2.45, 2.75) is 70.7 Å². The van der Waals surface area contributed by atoms with Crippen molar-refractivity contribution < 1.29 is 18.7 Å². The SMILES string of the molecule is CC[C@H]1COc2ncc(Cc3ccc(F)cc3)cc2N1C(=O)CN1C[C@@H](C)NC[C@@H]1CN1[C@H](C)COC[C@H]1C. The monoisotopic (exact) mass is 539 g/mol. The molecule has 2 fully saturated rings. The molecule has 0 saturated carbocycles. The molecule has 2 saturated heterocycles. The molecule has 1 amide bonds. The van der Waals surface area contributed by atoms with E-state index in [4.69, 9.17) is 9.47 Å². The highest BCUT2D eigenvalue weighted by atomic mass is 19.1. The topological polar surface area (TPSA) is 70.2 Å². The molecule has 1 aromatic heterocycles. The maximum Gasteiger partial charge on any atom is 0.241 e. The number of halogens is 1. The second-order valence-corrected chi connectivity index (χ2v) is 11.4. The Balaban J connectivity index is 1.36. The zero-order chi connectivity index (χ0) is 27.5. The average Bonchev–Trinajstić information content (AvgIpc) is 2.92. The van der Waals surface area contributed by atoms with Crippen LogP contribution >= 0.6 is 0 Å². The van der Waals surface area contributed by atoms with Gasteiger partial charge in [-0.25, -0.2) is 9.37 Å². The molecule has 3 aliphatic heterocycles. The Morgan fingerprint density at radius 1 is 1.08 bits per heavy atom. The van der Waals surface area contributed by atoms with Crippen molar-refractivity contribution in [3.05, 3.63) is 53.5 Å². The maximum absolute atomic E-state index is 14.1. The summed E-state index contributed by atoms with van der Waals surface area (Å²) in [5.74, 6) is 0.322. The van der Waals surface area contributed by atoms with Crippen molar-refractivity contribution in [3.63, 3.8) is 0 Å². The average molecular weight is 540 g/mol. The molecule has 0 unspecified atom stereocenters. The molecule has 39 heavy (non-hydrogen) atoms. The van der Waals surface area contributed by atoms with Crippen LogP contribution in [0.25, 0.3) is 0 Å². The Morgan fingerprint density at radius 3 is 2.54 bits per heavy atom. The van der Waals surface area contributed by atoms with Crippen molar-refractivity contribution >= 4 is 11.6 Å². The molecule has 8 nitrogen and oxygen atoms in total. The molecule has 0 spiro atoms. The first-order valence-corrected chi connectivity index (χ1v) is 14.3. The molecule has 0 radical (unpaired) electrons. The van der Waals surface area contributed by atoms with Crippen molar-refractivity contribution in [3.8, 4) is 5.88 Å². The van der Waals surface area contributed by atoms with Gasteiger partial charge in [-0.2, -0.15) is 0 Å². The van der Waals surface area contributed by atoms with E-state index in [-0.39, 0.29) is 23.8 Å². The van der Waals surface area contributed by atoms with Gasteiger partial charge in [0.25, 0.3) is 0 Å². The normalized spacial score (nSPS) is 28.1. The number of anilines is 1. The fourth-order valence-electron chi connectivity index (χ4n) is 6.08. The highest BCUT2D eigenvalue weighted by Crippen LogP contribution is 2.34. The molecule has 3 aliphatic rings. The van der Waals surface area contributed by atoms with Gasteiger partial charge in [-0.1, -0.05) is 19.1 Å².